The van der Waals surface area contributed by atoms with E-state index in [9.17, 15) is 9.90 Å². The smallest absolute Gasteiger partial charge is 0.258 e. The molecule has 0 fully saturated rings. The lowest BCUT2D eigenvalue weighted by molar-refractivity contribution is 0.282. The summed E-state index contributed by atoms with van der Waals surface area (Å²) in [6.07, 6.45) is 1.53. The fraction of sp³-hybridized carbons (Fsp3) is 0.368. The number of hydrogen-bond donors (Lipinski definition) is 3. The summed E-state index contributed by atoms with van der Waals surface area (Å²) in [6.45, 7) is 8.41. The number of aliphatic hydroxyl groups is 1. The van der Waals surface area contributed by atoms with Crippen molar-refractivity contribution in [1.29, 1.82) is 0 Å². The molecule has 0 aliphatic heterocycles. The van der Waals surface area contributed by atoms with Gasteiger partial charge in [-0.3, -0.25) is 4.79 Å². The summed E-state index contributed by atoms with van der Waals surface area (Å²) in [6, 6.07) is 5.98. The van der Waals surface area contributed by atoms with Gasteiger partial charge in [-0.05, 0) is 30.5 Å². The molecular weight excluding hydrogens is 382 g/mol. The number of hydrogen-bond acceptors (Lipinski definition) is 4. The number of pyridine rings is 2. The van der Waals surface area contributed by atoms with Crippen LogP contribution in [-0.2, 0) is 6.61 Å². The van der Waals surface area contributed by atoms with Gasteiger partial charge in [-0.15, -0.1) is 0 Å². The van der Waals surface area contributed by atoms with Crippen LogP contribution in [0.2, 0.25) is 0 Å². The predicted octanol–water partition coefficient (Wildman–Crippen LogP) is 4.18. The molecule has 1 aromatic carbocycles. The van der Waals surface area contributed by atoms with Gasteiger partial charge < -0.3 is 15.4 Å². The number of nitrogens with zero attached hydrogens (tertiary/aromatic N) is 1. The van der Waals surface area contributed by atoms with Gasteiger partial charge in [0.15, 0.2) is 0 Å². The van der Waals surface area contributed by atoms with Crippen LogP contribution in [0.1, 0.15) is 33.3 Å². The Labute approximate surface area is 154 Å². The zero-order chi connectivity index (χ0) is 18.4. The number of benzene rings is 1. The molecule has 1 atom stereocenters. The van der Waals surface area contributed by atoms with E-state index in [0.29, 0.717) is 16.5 Å². The minimum atomic E-state index is -0.210. The van der Waals surface area contributed by atoms with Crippen LogP contribution >= 0.6 is 15.9 Å². The van der Waals surface area contributed by atoms with Crippen LogP contribution in [0.15, 0.2) is 33.7 Å². The standard InChI is InChI=1S/C19H22BrN3O2/c1-10(19(2,3)4)22-17-13-6-5-12(20)7-14(13)15-16(23-17)11(9-24)8-21-18(15)25/h5-8,10,24H,9H2,1-4H3,(H,21,25)(H,22,23). The summed E-state index contributed by atoms with van der Waals surface area (Å²) in [7, 11) is 0. The first kappa shape index (κ1) is 17.9. The molecule has 6 heteroatoms. The highest BCUT2D eigenvalue weighted by Crippen LogP contribution is 2.33. The van der Waals surface area contributed by atoms with Crippen LogP contribution in [-0.4, -0.2) is 21.1 Å². The van der Waals surface area contributed by atoms with E-state index < -0.39 is 0 Å². The molecule has 3 N–H and O–H groups in total. The lowest BCUT2D eigenvalue weighted by atomic mass is 9.88. The Bertz CT molecular complexity index is 1010. The number of nitrogens with one attached hydrogen (secondary N) is 2. The van der Waals surface area contributed by atoms with Gasteiger partial charge >= 0.3 is 0 Å². The van der Waals surface area contributed by atoms with Gasteiger partial charge in [-0.2, -0.15) is 0 Å². The number of aromatic nitrogens is 2. The zero-order valence-electron chi connectivity index (χ0n) is 14.8. The lowest BCUT2D eigenvalue weighted by Gasteiger charge is -2.29. The molecule has 5 nitrogen and oxygen atoms in total. The van der Waals surface area contributed by atoms with Gasteiger partial charge in [-0.1, -0.05) is 36.7 Å². The number of anilines is 1. The Morgan fingerprint density at radius 3 is 2.68 bits per heavy atom. The highest BCUT2D eigenvalue weighted by atomic mass is 79.9. The molecule has 3 rings (SSSR count). The second-order valence-corrected chi connectivity index (χ2v) is 8.32. The zero-order valence-corrected chi connectivity index (χ0v) is 16.4. The summed E-state index contributed by atoms with van der Waals surface area (Å²) in [4.78, 5) is 19.9. The molecule has 2 aromatic heterocycles. The molecule has 0 aliphatic carbocycles. The third-order valence-electron chi connectivity index (χ3n) is 4.70. The SMILES string of the molecule is CC(Nc1nc2c(CO)c[nH]c(=O)c2c2cc(Br)ccc12)C(C)(C)C. The highest BCUT2D eigenvalue weighted by molar-refractivity contribution is 9.10. The summed E-state index contributed by atoms with van der Waals surface area (Å²) >= 11 is 3.48. The number of aliphatic hydroxyl groups excluding tert-OH is 1. The van der Waals surface area contributed by atoms with E-state index in [1.54, 1.807) is 0 Å². The van der Waals surface area contributed by atoms with Crippen molar-refractivity contribution in [3.8, 4) is 0 Å². The molecule has 0 bridgehead atoms. The highest BCUT2D eigenvalue weighted by Gasteiger charge is 2.22. The molecular formula is C19H22BrN3O2. The number of rotatable bonds is 3. The normalized spacial score (nSPS) is 13.4. The molecule has 0 radical (unpaired) electrons. The quantitative estimate of drug-likeness (QED) is 0.573. The first-order valence-electron chi connectivity index (χ1n) is 8.23. The Morgan fingerprint density at radius 1 is 1.32 bits per heavy atom. The molecule has 0 saturated carbocycles. The number of H-pyrrole nitrogens is 1. The number of aromatic amines is 1. The van der Waals surface area contributed by atoms with Crippen molar-refractivity contribution in [1.82, 2.24) is 9.97 Å². The molecule has 25 heavy (non-hydrogen) atoms. The van der Waals surface area contributed by atoms with E-state index in [1.165, 1.54) is 6.20 Å². The van der Waals surface area contributed by atoms with Crippen LogP contribution in [0.3, 0.4) is 0 Å². The molecule has 3 aromatic rings. The maximum absolute atomic E-state index is 12.5. The topological polar surface area (TPSA) is 78.0 Å². The van der Waals surface area contributed by atoms with E-state index in [2.05, 4.69) is 53.9 Å². The van der Waals surface area contributed by atoms with E-state index in [0.717, 1.165) is 21.1 Å². The van der Waals surface area contributed by atoms with Crippen molar-refractivity contribution in [2.24, 2.45) is 5.41 Å². The summed E-state index contributed by atoms with van der Waals surface area (Å²) in [5.74, 6) is 0.720. The molecule has 0 aliphatic rings. The van der Waals surface area contributed by atoms with Crippen LogP contribution in [0.5, 0.6) is 0 Å². The Hall–Kier alpha value is -1.92. The second-order valence-electron chi connectivity index (χ2n) is 7.41. The number of fused-ring (bicyclic) bond motifs is 3. The third-order valence-corrected chi connectivity index (χ3v) is 5.19. The minimum absolute atomic E-state index is 0.0479. The maximum Gasteiger partial charge on any atom is 0.258 e. The van der Waals surface area contributed by atoms with Crippen molar-refractivity contribution in [2.45, 2.75) is 40.3 Å². The summed E-state index contributed by atoms with van der Waals surface area (Å²) in [5.41, 5.74) is 0.966. The van der Waals surface area contributed by atoms with E-state index in [1.807, 2.05) is 18.2 Å². The Kier molecular flexibility index (Phi) is 4.60. The van der Waals surface area contributed by atoms with Gasteiger partial charge in [0.05, 0.1) is 17.5 Å². The average molecular weight is 404 g/mol. The van der Waals surface area contributed by atoms with Gasteiger partial charge in [0.2, 0.25) is 0 Å². The van der Waals surface area contributed by atoms with Crippen molar-refractivity contribution < 1.29 is 5.11 Å². The van der Waals surface area contributed by atoms with E-state index in [-0.39, 0.29) is 23.6 Å². The van der Waals surface area contributed by atoms with Gasteiger partial charge in [0.1, 0.15) is 5.82 Å². The first-order valence-corrected chi connectivity index (χ1v) is 9.02. The van der Waals surface area contributed by atoms with E-state index in [4.69, 9.17) is 4.98 Å². The molecule has 0 spiro atoms. The Balaban J connectivity index is 2.38. The monoisotopic (exact) mass is 403 g/mol. The fourth-order valence-electron chi connectivity index (χ4n) is 2.69. The average Bonchev–Trinajstić information content (AvgIpc) is 2.53. The largest absolute Gasteiger partial charge is 0.392 e. The molecule has 132 valence electrons. The van der Waals surface area contributed by atoms with Crippen LogP contribution in [0.25, 0.3) is 21.7 Å². The third kappa shape index (κ3) is 3.28. The van der Waals surface area contributed by atoms with Crippen molar-refractivity contribution in [3.63, 3.8) is 0 Å². The summed E-state index contributed by atoms with van der Waals surface area (Å²) < 4.78 is 0.885. The fourth-order valence-corrected chi connectivity index (χ4v) is 3.05. The second kappa shape index (κ2) is 6.42. The van der Waals surface area contributed by atoms with Gasteiger partial charge in [-0.25, -0.2) is 4.98 Å². The van der Waals surface area contributed by atoms with Crippen molar-refractivity contribution >= 4 is 43.4 Å². The van der Waals surface area contributed by atoms with Crippen molar-refractivity contribution in [2.75, 3.05) is 5.32 Å². The van der Waals surface area contributed by atoms with Gasteiger partial charge in [0.25, 0.3) is 5.56 Å². The first-order chi connectivity index (χ1) is 11.7. The molecule has 0 amide bonds. The van der Waals surface area contributed by atoms with Crippen LogP contribution < -0.4 is 10.9 Å². The molecule has 0 saturated heterocycles. The maximum atomic E-state index is 12.5. The molecule has 2 heterocycles. The van der Waals surface area contributed by atoms with Crippen LogP contribution in [0.4, 0.5) is 5.82 Å². The van der Waals surface area contributed by atoms with Crippen molar-refractivity contribution in [3.05, 3.63) is 44.8 Å². The minimum Gasteiger partial charge on any atom is -0.392 e. The predicted molar refractivity (Wildman–Crippen MR) is 106 cm³/mol. The van der Waals surface area contributed by atoms with Gasteiger partial charge in [0, 0.05) is 33.0 Å². The van der Waals surface area contributed by atoms with E-state index >= 15 is 0 Å². The number of halogens is 1. The lowest BCUT2D eigenvalue weighted by Crippen LogP contribution is -2.31. The Morgan fingerprint density at radius 2 is 2.04 bits per heavy atom. The molecule has 1 unspecified atom stereocenters. The summed E-state index contributed by atoms with van der Waals surface area (Å²) in [5, 5.41) is 15.3. The van der Waals surface area contributed by atoms with Crippen LogP contribution in [0, 0.1) is 5.41 Å².